The Balaban J connectivity index is 2.12. The maximum absolute atomic E-state index is 13.7. The van der Waals surface area contributed by atoms with E-state index in [0.29, 0.717) is 18.7 Å². The lowest BCUT2D eigenvalue weighted by Gasteiger charge is -2.35. The first kappa shape index (κ1) is 18.5. The molecule has 1 N–H and O–H groups in total. The molecule has 1 heterocycles. The van der Waals surface area contributed by atoms with Crippen LogP contribution in [0.3, 0.4) is 0 Å². The number of alkyl halides is 3. The number of hydrogen-bond acceptors (Lipinski definition) is 3. The number of piperazine rings is 1. The smallest absolute Gasteiger partial charge is 0.419 e. The van der Waals surface area contributed by atoms with Crippen molar-refractivity contribution in [1.82, 2.24) is 10.2 Å². The van der Waals surface area contributed by atoms with Gasteiger partial charge in [0.2, 0.25) is 0 Å². The summed E-state index contributed by atoms with van der Waals surface area (Å²) in [7, 11) is 0. The van der Waals surface area contributed by atoms with E-state index in [-0.39, 0.29) is 6.54 Å². The zero-order valence-corrected chi connectivity index (χ0v) is 13.7. The molecule has 134 valence electrons. The van der Waals surface area contributed by atoms with Crippen LogP contribution in [-0.2, 0) is 10.9 Å². The summed E-state index contributed by atoms with van der Waals surface area (Å²) in [5.41, 5.74) is -1.59. The number of ether oxygens (including phenoxy) is 1. The highest BCUT2D eigenvalue weighted by Crippen LogP contribution is 2.32. The molecule has 0 bridgehead atoms. The van der Waals surface area contributed by atoms with Crippen LogP contribution in [-0.4, -0.2) is 36.2 Å². The van der Waals surface area contributed by atoms with Crippen molar-refractivity contribution < 1.29 is 27.1 Å². The number of carbonyl (C=O) groups excluding carboxylic acids is 1. The van der Waals surface area contributed by atoms with Gasteiger partial charge < -0.3 is 15.0 Å². The largest absolute Gasteiger partial charge is 0.444 e. The van der Waals surface area contributed by atoms with E-state index in [0.717, 1.165) is 12.1 Å². The van der Waals surface area contributed by atoms with Crippen LogP contribution >= 0.6 is 0 Å². The van der Waals surface area contributed by atoms with Gasteiger partial charge in [0, 0.05) is 19.6 Å². The highest BCUT2D eigenvalue weighted by atomic mass is 19.4. The molecule has 2 rings (SSSR count). The van der Waals surface area contributed by atoms with E-state index in [1.165, 1.54) is 11.0 Å². The van der Waals surface area contributed by atoms with E-state index >= 15 is 0 Å². The van der Waals surface area contributed by atoms with Crippen molar-refractivity contribution >= 4 is 6.09 Å². The first-order valence-electron chi connectivity index (χ1n) is 7.55. The van der Waals surface area contributed by atoms with Gasteiger partial charge in [-0.05, 0) is 38.5 Å². The summed E-state index contributed by atoms with van der Waals surface area (Å²) in [5.74, 6) is -1.32. The Bertz CT molecular complexity index is 611. The van der Waals surface area contributed by atoms with Gasteiger partial charge in [0.25, 0.3) is 0 Å². The minimum atomic E-state index is -4.73. The molecule has 1 saturated heterocycles. The predicted molar refractivity (Wildman–Crippen MR) is 80.0 cm³/mol. The van der Waals surface area contributed by atoms with Crippen LogP contribution in [0.5, 0.6) is 0 Å². The van der Waals surface area contributed by atoms with Gasteiger partial charge in [0.05, 0.1) is 11.6 Å². The normalized spacial score (nSPS) is 19.3. The van der Waals surface area contributed by atoms with E-state index in [9.17, 15) is 22.4 Å². The van der Waals surface area contributed by atoms with Crippen LogP contribution in [0, 0.1) is 5.82 Å². The highest BCUT2D eigenvalue weighted by molar-refractivity contribution is 5.68. The fourth-order valence-corrected chi connectivity index (χ4v) is 2.44. The van der Waals surface area contributed by atoms with Crippen LogP contribution in [0.25, 0.3) is 0 Å². The van der Waals surface area contributed by atoms with Gasteiger partial charge in [-0.1, -0.05) is 6.07 Å². The third-order valence-corrected chi connectivity index (χ3v) is 3.53. The average Bonchev–Trinajstić information content (AvgIpc) is 2.44. The summed E-state index contributed by atoms with van der Waals surface area (Å²) in [6, 6.07) is 2.35. The minimum absolute atomic E-state index is 0.194. The lowest BCUT2D eigenvalue weighted by Crippen LogP contribution is -2.49. The van der Waals surface area contributed by atoms with E-state index in [4.69, 9.17) is 4.74 Å². The standard InChI is InChI=1S/C16H20F4N2O2/c1-15(2,3)24-14(23)22-7-6-21-13(9-22)10-4-5-11(12(17)8-10)16(18,19)20/h4-5,8,13,21H,6-7,9H2,1-3H3. The molecule has 8 heteroatoms. The molecule has 0 aliphatic carbocycles. The molecular weight excluding hydrogens is 328 g/mol. The monoisotopic (exact) mass is 348 g/mol. The minimum Gasteiger partial charge on any atom is -0.444 e. The Hall–Kier alpha value is -1.83. The molecule has 1 fully saturated rings. The van der Waals surface area contributed by atoms with Gasteiger partial charge in [0.15, 0.2) is 0 Å². The molecule has 0 spiro atoms. The highest BCUT2D eigenvalue weighted by Gasteiger charge is 2.35. The third-order valence-electron chi connectivity index (χ3n) is 3.53. The molecule has 1 atom stereocenters. The van der Waals surface area contributed by atoms with Crippen LogP contribution in [0.4, 0.5) is 22.4 Å². The molecule has 1 unspecified atom stereocenters. The van der Waals surface area contributed by atoms with Gasteiger partial charge in [-0.3, -0.25) is 0 Å². The Labute approximate surface area is 137 Å². The zero-order valence-electron chi connectivity index (χ0n) is 13.7. The maximum atomic E-state index is 13.7. The average molecular weight is 348 g/mol. The van der Waals surface area contributed by atoms with E-state index in [2.05, 4.69) is 5.32 Å². The lowest BCUT2D eigenvalue weighted by atomic mass is 10.0. The van der Waals surface area contributed by atoms with Crippen molar-refractivity contribution in [3.63, 3.8) is 0 Å². The Morgan fingerprint density at radius 2 is 1.96 bits per heavy atom. The molecule has 4 nitrogen and oxygen atoms in total. The molecule has 0 aromatic heterocycles. The molecule has 1 amide bonds. The van der Waals surface area contributed by atoms with Gasteiger partial charge in [-0.15, -0.1) is 0 Å². The van der Waals surface area contributed by atoms with Crippen LogP contribution in [0.15, 0.2) is 18.2 Å². The second kappa shape index (κ2) is 6.58. The quantitative estimate of drug-likeness (QED) is 0.787. The summed E-state index contributed by atoms with van der Waals surface area (Å²) in [4.78, 5) is 13.6. The lowest BCUT2D eigenvalue weighted by molar-refractivity contribution is -0.140. The number of rotatable bonds is 1. The Kier molecular flexibility index (Phi) is 5.08. The van der Waals surface area contributed by atoms with Crippen molar-refractivity contribution in [1.29, 1.82) is 0 Å². The summed E-state index contributed by atoms with van der Waals surface area (Å²) >= 11 is 0. The number of amides is 1. The fraction of sp³-hybridized carbons (Fsp3) is 0.562. The molecule has 0 radical (unpaired) electrons. The molecule has 1 aliphatic heterocycles. The van der Waals surface area contributed by atoms with E-state index in [1.54, 1.807) is 20.8 Å². The molecule has 0 saturated carbocycles. The predicted octanol–water partition coefficient (Wildman–Crippen LogP) is 3.73. The van der Waals surface area contributed by atoms with Gasteiger partial charge in [-0.2, -0.15) is 13.2 Å². The SMILES string of the molecule is CC(C)(C)OC(=O)N1CCNC(c2ccc(C(F)(F)F)c(F)c2)C1. The maximum Gasteiger partial charge on any atom is 0.419 e. The zero-order chi connectivity index (χ0) is 18.1. The number of halogens is 4. The van der Waals surface area contributed by atoms with Crippen molar-refractivity contribution in [2.45, 2.75) is 38.6 Å². The number of carbonyl (C=O) groups is 1. The summed E-state index contributed by atoms with van der Waals surface area (Å²) in [6.45, 7) is 6.28. The van der Waals surface area contributed by atoms with Crippen LogP contribution in [0.1, 0.15) is 37.9 Å². The van der Waals surface area contributed by atoms with Crippen molar-refractivity contribution in [3.05, 3.63) is 35.1 Å². The summed E-state index contributed by atoms with van der Waals surface area (Å²) < 4.78 is 56.9. The van der Waals surface area contributed by atoms with Crippen molar-refractivity contribution in [2.24, 2.45) is 0 Å². The first-order chi connectivity index (χ1) is 11.0. The molecule has 1 aromatic rings. The van der Waals surface area contributed by atoms with Crippen LogP contribution < -0.4 is 5.32 Å². The van der Waals surface area contributed by atoms with E-state index in [1.807, 2.05) is 0 Å². The second-order valence-corrected chi connectivity index (χ2v) is 6.67. The molecule has 24 heavy (non-hydrogen) atoms. The van der Waals surface area contributed by atoms with Gasteiger partial charge >= 0.3 is 12.3 Å². The third kappa shape index (κ3) is 4.59. The Morgan fingerprint density at radius 3 is 2.50 bits per heavy atom. The first-order valence-corrected chi connectivity index (χ1v) is 7.55. The summed E-state index contributed by atoms with van der Waals surface area (Å²) in [6.07, 6.45) is -5.23. The summed E-state index contributed by atoms with van der Waals surface area (Å²) in [5, 5.41) is 3.07. The molecule has 1 aliphatic rings. The molecule has 1 aromatic carbocycles. The second-order valence-electron chi connectivity index (χ2n) is 6.67. The van der Waals surface area contributed by atoms with Gasteiger partial charge in [0.1, 0.15) is 11.4 Å². The number of nitrogens with zero attached hydrogens (tertiary/aromatic N) is 1. The Morgan fingerprint density at radius 1 is 1.29 bits per heavy atom. The molecular formula is C16H20F4N2O2. The number of hydrogen-bond donors (Lipinski definition) is 1. The van der Waals surface area contributed by atoms with E-state index < -0.39 is 35.3 Å². The fourth-order valence-electron chi connectivity index (χ4n) is 2.44. The van der Waals surface area contributed by atoms with Crippen molar-refractivity contribution in [2.75, 3.05) is 19.6 Å². The topological polar surface area (TPSA) is 41.6 Å². The van der Waals surface area contributed by atoms with Gasteiger partial charge in [-0.25, -0.2) is 9.18 Å². The number of nitrogens with one attached hydrogen (secondary N) is 1. The van der Waals surface area contributed by atoms with Crippen molar-refractivity contribution in [3.8, 4) is 0 Å². The van der Waals surface area contributed by atoms with Crippen LogP contribution in [0.2, 0.25) is 0 Å². The number of benzene rings is 1.